The van der Waals surface area contributed by atoms with Crippen molar-refractivity contribution in [3.8, 4) is 16.9 Å². The minimum absolute atomic E-state index is 0.247. The molecule has 0 radical (unpaired) electrons. The first-order chi connectivity index (χ1) is 18.1. The van der Waals surface area contributed by atoms with Crippen LogP contribution >= 0.6 is 0 Å². The number of nitrogens with one attached hydrogen (secondary N) is 2. The van der Waals surface area contributed by atoms with Crippen molar-refractivity contribution in [3.63, 3.8) is 0 Å². The first-order valence-corrected chi connectivity index (χ1v) is 12.0. The molecule has 0 spiro atoms. The smallest absolute Gasteiger partial charge is 0.281 e. The average molecular weight is 487 g/mol. The zero-order chi connectivity index (χ0) is 25.6. The van der Waals surface area contributed by atoms with Gasteiger partial charge < -0.3 is 0 Å². The summed E-state index contributed by atoms with van der Waals surface area (Å²) < 4.78 is 1.50. The lowest BCUT2D eigenvalue weighted by atomic mass is 9.91. The zero-order valence-electron chi connectivity index (χ0n) is 20.3. The van der Waals surface area contributed by atoms with E-state index in [-0.39, 0.29) is 11.5 Å². The van der Waals surface area contributed by atoms with E-state index in [1.165, 1.54) is 4.68 Å². The molecule has 0 saturated heterocycles. The van der Waals surface area contributed by atoms with Gasteiger partial charge in [0, 0.05) is 5.56 Å². The monoisotopic (exact) mass is 486 g/mol. The molecule has 1 aromatic heterocycles. The van der Waals surface area contributed by atoms with Gasteiger partial charge in [0.2, 0.25) is 0 Å². The Labute approximate surface area is 214 Å². The largest absolute Gasteiger partial charge is 0.290 e. The maximum atomic E-state index is 13.6. The summed E-state index contributed by atoms with van der Waals surface area (Å²) in [6.45, 7) is 1.73. The van der Waals surface area contributed by atoms with Crippen LogP contribution in [-0.2, 0) is 4.79 Å². The number of hydrogen-bond acceptors (Lipinski definition) is 3. The fourth-order valence-electron chi connectivity index (χ4n) is 4.39. The molecule has 182 valence electrons. The van der Waals surface area contributed by atoms with Gasteiger partial charge >= 0.3 is 0 Å². The van der Waals surface area contributed by atoms with Crippen molar-refractivity contribution in [3.05, 3.63) is 148 Å². The third-order valence-corrected chi connectivity index (χ3v) is 6.19. The van der Waals surface area contributed by atoms with Gasteiger partial charge in [-0.15, -0.1) is 0 Å². The number of hydrazone groups is 1. The van der Waals surface area contributed by atoms with Crippen LogP contribution in [0.15, 0.2) is 131 Å². The summed E-state index contributed by atoms with van der Waals surface area (Å²) in [6, 6.07) is 38.1. The highest BCUT2D eigenvalue weighted by atomic mass is 16.2. The van der Waals surface area contributed by atoms with Crippen molar-refractivity contribution in [2.24, 2.45) is 5.10 Å². The van der Waals surface area contributed by atoms with Gasteiger partial charge in [-0.1, -0.05) is 109 Å². The molecule has 1 amide bonds. The van der Waals surface area contributed by atoms with Crippen LogP contribution in [0.3, 0.4) is 0 Å². The predicted octanol–water partition coefficient (Wildman–Crippen LogP) is 5.50. The topological polar surface area (TPSA) is 79.2 Å². The number of carbonyl (C=O) groups excluding carboxylic acids is 1. The molecule has 1 heterocycles. The third kappa shape index (κ3) is 5.04. The molecular weight excluding hydrogens is 460 g/mol. The summed E-state index contributed by atoms with van der Waals surface area (Å²) in [7, 11) is 0. The maximum Gasteiger partial charge on any atom is 0.281 e. The quantitative estimate of drug-likeness (QED) is 0.235. The summed E-state index contributed by atoms with van der Waals surface area (Å²) in [5.74, 6) is -0.823. The van der Waals surface area contributed by atoms with Gasteiger partial charge in [-0.05, 0) is 30.2 Å². The molecule has 0 fully saturated rings. The van der Waals surface area contributed by atoms with Crippen molar-refractivity contribution in [2.75, 3.05) is 0 Å². The molecule has 0 atom stereocenters. The van der Waals surface area contributed by atoms with E-state index >= 15 is 0 Å². The lowest BCUT2D eigenvalue weighted by Crippen LogP contribution is -2.28. The normalized spacial score (nSPS) is 11.5. The number of rotatable bonds is 7. The van der Waals surface area contributed by atoms with E-state index in [9.17, 15) is 9.59 Å². The molecule has 0 aliphatic rings. The van der Waals surface area contributed by atoms with Crippen LogP contribution in [0.4, 0.5) is 0 Å². The van der Waals surface area contributed by atoms with Gasteiger partial charge in [-0.3, -0.25) is 14.7 Å². The number of nitrogens with zero attached hydrogens (tertiary/aromatic N) is 2. The van der Waals surface area contributed by atoms with E-state index in [4.69, 9.17) is 0 Å². The molecular formula is C31H26N4O2. The summed E-state index contributed by atoms with van der Waals surface area (Å²) in [6.07, 6.45) is 0. The average Bonchev–Trinajstić information content (AvgIpc) is 3.31. The standard InChI is InChI=1S/C31H26N4O2/c1-22(32-33-30(36)28(23-14-6-2-7-15-23)24-16-8-3-9-17-24)27-29(25-18-10-4-11-19-25)34-35(31(27)37)26-20-12-5-13-21-26/h2-21,28,34H,1H3,(H,33,36). The van der Waals surface area contributed by atoms with E-state index in [0.29, 0.717) is 22.7 Å². The van der Waals surface area contributed by atoms with Gasteiger partial charge in [-0.25, -0.2) is 10.1 Å². The van der Waals surface area contributed by atoms with Gasteiger partial charge in [0.15, 0.2) is 0 Å². The number of para-hydroxylation sites is 1. The van der Waals surface area contributed by atoms with Crippen molar-refractivity contribution in [1.82, 2.24) is 15.2 Å². The molecule has 0 aliphatic heterocycles. The molecule has 2 N–H and O–H groups in total. The maximum absolute atomic E-state index is 13.6. The molecule has 4 aromatic carbocycles. The van der Waals surface area contributed by atoms with Crippen LogP contribution in [0.25, 0.3) is 16.9 Å². The minimum Gasteiger partial charge on any atom is -0.290 e. The fourth-order valence-corrected chi connectivity index (χ4v) is 4.39. The summed E-state index contributed by atoms with van der Waals surface area (Å²) >= 11 is 0. The Morgan fingerprint density at radius 1 is 0.757 bits per heavy atom. The lowest BCUT2D eigenvalue weighted by molar-refractivity contribution is -0.121. The Morgan fingerprint density at radius 3 is 1.78 bits per heavy atom. The molecule has 0 aliphatic carbocycles. The van der Waals surface area contributed by atoms with E-state index in [1.807, 2.05) is 121 Å². The summed E-state index contributed by atoms with van der Waals surface area (Å²) in [4.78, 5) is 27.0. The number of aromatic amines is 1. The zero-order valence-corrected chi connectivity index (χ0v) is 20.3. The van der Waals surface area contributed by atoms with Gasteiger partial charge in [0.05, 0.1) is 28.6 Å². The molecule has 0 saturated carbocycles. The SMILES string of the molecule is CC(=NNC(=O)C(c1ccccc1)c1ccccc1)c1c(-c2ccccc2)[nH]n(-c2ccccc2)c1=O. The highest BCUT2D eigenvalue weighted by Gasteiger charge is 2.23. The number of benzene rings is 4. The van der Waals surface area contributed by atoms with E-state index < -0.39 is 5.92 Å². The number of hydrogen-bond donors (Lipinski definition) is 2. The van der Waals surface area contributed by atoms with Crippen LogP contribution in [0.5, 0.6) is 0 Å². The summed E-state index contributed by atoms with van der Waals surface area (Å²) in [5, 5.41) is 7.64. The van der Waals surface area contributed by atoms with E-state index in [0.717, 1.165) is 16.7 Å². The molecule has 6 heteroatoms. The minimum atomic E-state index is -0.542. The Bertz CT molecular complexity index is 1530. The van der Waals surface area contributed by atoms with Crippen molar-refractivity contribution in [2.45, 2.75) is 12.8 Å². The Kier molecular flexibility index (Phi) is 6.90. The molecule has 5 aromatic rings. The van der Waals surface area contributed by atoms with Crippen LogP contribution in [-0.4, -0.2) is 21.4 Å². The highest BCUT2D eigenvalue weighted by Crippen LogP contribution is 2.25. The molecule has 0 unspecified atom stereocenters. The van der Waals surface area contributed by atoms with Gasteiger partial charge in [-0.2, -0.15) is 5.10 Å². The Hall–Kier alpha value is -4.97. The van der Waals surface area contributed by atoms with Gasteiger partial charge in [0.25, 0.3) is 11.5 Å². The first-order valence-electron chi connectivity index (χ1n) is 12.0. The van der Waals surface area contributed by atoms with Crippen LogP contribution < -0.4 is 11.0 Å². The summed E-state index contributed by atoms with van der Waals surface area (Å²) in [5.41, 5.74) is 7.18. The second-order valence-electron chi connectivity index (χ2n) is 8.63. The fraction of sp³-hybridized carbons (Fsp3) is 0.0645. The number of H-pyrrole nitrogens is 1. The number of carbonyl (C=O) groups is 1. The predicted molar refractivity (Wildman–Crippen MR) is 147 cm³/mol. The van der Waals surface area contributed by atoms with Crippen molar-refractivity contribution in [1.29, 1.82) is 0 Å². The Morgan fingerprint density at radius 2 is 1.24 bits per heavy atom. The third-order valence-electron chi connectivity index (χ3n) is 6.19. The first kappa shape index (κ1) is 23.8. The second-order valence-corrected chi connectivity index (χ2v) is 8.63. The lowest BCUT2D eigenvalue weighted by Gasteiger charge is -2.16. The second kappa shape index (κ2) is 10.7. The molecule has 6 nitrogen and oxygen atoms in total. The molecule has 5 rings (SSSR count). The Balaban J connectivity index is 1.53. The van der Waals surface area contributed by atoms with Crippen LogP contribution in [0, 0.1) is 0 Å². The number of amides is 1. The van der Waals surface area contributed by atoms with Gasteiger partial charge in [0.1, 0.15) is 0 Å². The molecule has 0 bridgehead atoms. The highest BCUT2D eigenvalue weighted by molar-refractivity contribution is 6.04. The van der Waals surface area contributed by atoms with E-state index in [2.05, 4.69) is 15.6 Å². The molecule has 37 heavy (non-hydrogen) atoms. The van der Waals surface area contributed by atoms with Crippen molar-refractivity contribution < 1.29 is 4.79 Å². The van der Waals surface area contributed by atoms with E-state index in [1.54, 1.807) is 6.92 Å². The van der Waals surface area contributed by atoms with Crippen molar-refractivity contribution >= 4 is 11.6 Å². The van der Waals surface area contributed by atoms with Crippen LogP contribution in [0.1, 0.15) is 29.5 Å². The number of aromatic nitrogens is 2. The van der Waals surface area contributed by atoms with Crippen LogP contribution in [0.2, 0.25) is 0 Å².